The van der Waals surface area contributed by atoms with E-state index in [1.165, 1.54) is 19.1 Å². The molecule has 4 amide bonds. The van der Waals surface area contributed by atoms with E-state index >= 15 is 0 Å². The highest BCUT2D eigenvalue weighted by Gasteiger charge is 2.19. The Morgan fingerprint density at radius 1 is 0.682 bits per heavy atom. The third kappa shape index (κ3) is 7.82. The molecule has 0 saturated heterocycles. The smallest absolute Gasteiger partial charge is 0.355 e. The summed E-state index contributed by atoms with van der Waals surface area (Å²) in [6, 6.07) is 11.8. The number of aromatic nitrogens is 3. The van der Waals surface area contributed by atoms with Crippen molar-refractivity contribution in [2.24, 2.45) is 21.1 Å². The van der Waals surface area contributed by atoms with E-state index in [0.29, 0.717) is 29.3 Å². The molecule has 44 heavy (non-hydrogen) atoms. The van der Waals surface area contributed by atoms with Gasteiger partial charge < -0.3 is 39.7 Å². The molecule has 0 unspecified atom stereocenters. The van der Waals surface area contributed by atoms with Gasteiger partial charge in [0.1, 0.15) is 23.7 Å². The molecule has 0 spiro atoms. The molecule has 13 nitrogen and oxygen atoms in total. The predicted octanol–water partition coefficient (Wildman–Crippen LogP) is 3.20. The predicted molar refractivity (Wildman–Crippen MR) is 164 cm³/mol. The third-order valence-corrected chi connectivity index (χ3v) is 6.66. The summed E-state index contributed by atoms with van der Waals surface area (Å²) in [6.45, 7) is 3.86. The Kier molecular flexibility index (Phi) is 9.68. The Labute approximate surface area is 254 Å². The topological polar surface area (TPSA) is 157 Å². The minimum absolute atomic E-state index is 0.0439. The summed E-state index contributed by atoms with van der Waals surface area (Å²) in [5.74, 6) is -1.73. The summed E-state index contributed by atoms with van der Waals surface area (Å²) in [5, 5.41) is 10.9. The van der Waals surface area contributed by atoms with Crippen molar-refractivity contribution in [3.05, 3.63) is 89.3 Å². The summed E-state index contributed by atoms with van der Waals surface area (Å²) in [6.07, 6.45) is 5.10. The SMILES string of the molecule is CCNC(=O)Cc1ccc(COC(=O)c2cc(NC(=O)c3cc(NC(=O)c4cc(NC(C)=O)cn4C)cn3C)cn2C)cc1. The van der Waals surface area contributed by atoms with Gasteiger partial charge in [0.15, 0.2) is 0 Å². The first-order valence-corrected chi connectivity index (χ1v) is 13.8. The molecule has 0 aliphatic heterocycles. The molecule has 3 heterocycles. The molecular weight excluding hydrogens is 566 g/mol. The second-order valence-corrected chi connectivity index (χ2v) is 10.3. The van der Waals surface area contributed by atoms with Crippen LogP contribution in [0.4, 0.5) is 17.1 Å². The molecule has 4 rings (SSSR count). The van der Waals surface area contributed by atoms with Crippen molar-refractivity contribution < 1.29 is 28.7 Å². The van der Waals surface area contributed by atoms with Gasteiger partial charge in [0.25, 0.3) is 11.8 Å². The minimum Gasteiger partial charge on any atom is -0.456 e. The largest absolute Gasteiger partial charge is 0.456 e. The van der Waals surface area contributed by atoms with Crippen LogP contribution in [0.1, 0.15) is 56.4 Å². The van der Waals surface area contributed by atoms with E-state index in [2.05, 4.69) is 21.3 Å². The van der Waals surface area contributed by atoms with Gasteiger partial charge in [-0.15, -0.1) is 0 Å². The number of benzene rings is 1. The van der Waals surface area contributed by atoms with E-state index in [1.54, 1.807) is 71.6 Å². The summed E-state index contributed by atoms with van der Waals surface area (Å²) in [5.41, 5.74) is 3.75. The fraction of sp³-hybridized carbons (Fsp3) is 0.258. The lowest BCUT2D eigenvalue weighted by atomic mass is 10.1. The van der Waals surface area contributed by atoms with Crippen molar-refractivity contribution >= 4 is 46.7 Å². The van der Waals surface area contributed by atoms with Crippen LogP contribution in [0.15, 0.2) is 61.1 Å². The number of hydrogen-bond donors (Lipinski definition) is 4. The molecular formula is C31H35N7O6. The van der Waals surface area contributed by atoms with Gasteiger partial charge in [0, 0.05) is 53.2 Å². The summed E-state index contributed by atoms with van der Waals surface area (Å²) >= 11 is 0. The van der Waals surface area contributed by atoms with Crippen LogP contribution in [-0.2, 0) is 48.5 Å². The van der Waals surface area contributed by atoms with Gasteiger partial charge in [-0.05, 0) is 36.2 Å². The maximum Gasteiger partial charge on any atom is 0.355 e. The van der Waals surface area contributed by atoms with Crippen LogP contribution in [0, 0.1) is 0 Å². The number of anilines is 3. The Balaban J connectivity index is 1.34. The molecule has 0 aliphatic carbocycles. The van der Waals surface area contributed by atoms with Crippen molar-refractivity contribution in [3.8, 4) is 0 Å². The molecule has 0 bridgehead atoms. The third-order valence-electron chi connectivity index (χ3n) is 6.66. The van der Waals surface area contributed by atoms with E-state index in [9.17, 15) is 24.0 Å². The van der Waals surface area contributed by atoms with Crippen molar-refractivity contribution in [1.29, 1.82) is 0 Å². The number of carbonyl (C=O) groups is 5. The molecule has 0 saturated carbocycles. The lowest BCUT2D eigenvalue weighted by Crippen LogP contribution is -2.24. The van der Waals surface area contributed by atoms with Crippen molar-refractivity contribution in [3.63, 3.8) is 0 Å². The lowest BCUT2D eigenvalue weighted by Gasteiger charge is -2.07. The number of nitrogens with one attached hydrogen (secondary N) is 4. The van der Waals surface area contributed by atoms with E-state index in [1.807, 2.05) is 19.1 Å². The van der Waals surface area contributed by atoms with Crippen molar-refractivity contribution in [2.75, 3.05) is 22.5 Å². The zero-order valence-electron chi connectivity index (χ0n) is 25.2. The summed E-state index contributed by atoms with van der Waals surface area (Å²) < 4.78 is 10.2. The number of hydrogen-bond acceptors (Lipinski definition) is 6. The van der Waals surface area contributed by atoms with Gasteiger partial charge in [-0.2, -0.15) is 0 Å². The molecule has 4 aromatic rings. The molecule has 0 atom stereocenters. The minimum atomic E-state index is -0.564. The Morgan fingerprint density at radius 3 is 1.64 bits per heavy atom. The second kappa shape index (κ2) is 13.6. The number of amides is 4. The Bertz CT molecular complexity index is 1710. The second-order valence-electron chi connectivity index (χ2n) is 10.3. The summed E-state index contributed by atoms with van der Waals surface area (Å²) in [4.78, 5) is 61.7. The van der Waals surface area contributed by atoms with Gasteiger partial charge in [-0.25, -0.2) is 4.79 Å². The standard InChI is InChI=1S/C31H35N7O6/c1-6-32-28(40)11-20-7-9-21(10-8-20)18-44-31(43)27-14-24(17-38(27)5)35-30(42)26-13-23(16-37(26)4)34-29(41)25-12-22(15-36(25)3)33-19(2)39/h7-10,12-17H,6,11,18H2,1-5H3,(H,32,40)(H,33,39)(H,34,41)(H,35,42). The highest BCUT2D eigenvalue weighted by atomic mass is 16.5. The highest BCUT2D eigenvalue weighted by Crippen LogP contribution is 2.20. The van der Waals surface area contributed by atoms with Crippen LogP contribution < -0.4 is 21.3 Å². The molecule has 3 aromatic heterocycles. The number of carbonyl (C=O) groups excluding carboxylic acids is 5. The molecule has 0 fully saturated rings. The molecule has 0 radical (unpaired) electrons. The molecule has 4 N–H and O–H groups in total. The van der Waals surface area contributed by atoms with Gasteiger partial charge in [-0.1, -0.05) is 24.3 Å². The first kappa shape index (κ1) is 31.3. The number of likely N-dealkylation sites (N-methyl/N-ethyl adjacent to an activating group) is 1. The fourth-order valence-electron chi connectivity index (χ4n) is 4.57. The van der Waals surface area contributed by atoms with E-state index in [-0.39, 0.29) is 36.2 Å². The number of aryl methyl sites for hydroxylation is 3. The number of ether oxygens (including phenoxy) is 1. The van der Waals surface area contributed by atoms with Crippen LogP contribution in [0.2, 0.25) is 0 Å². The highest BCUT2D eigenvalue weighted by molar-refractivity contribution is 6.07. The average Bonchev–Trinajstić information content (AvgIpc) is 3.63. The molecule has 13 heteroatoms. The zero-order chi connectivity index (χ0) is 32.0. The lowest BCUT2D eigenvalue weighted by molar-refractivity contribution is -0.120. The van der Waals surface area contributed by atoms with Crippen molar-refractivity contribution in [2.45, 2.75) is 26.9 Å². The first-order valence-electron chi connectivity index (χ1n) is 13.8. The molecule has 230 valence electrons. The number of nitrogens with zero attached hydrogens (tertiary/aromatic N) is 3. The van der Waals surface area contributed by atoms with Gasteiger partial charge in [-0.3, -0.25) is 19.2 Å². The monoisotopic (exact) mass is 601 g/mol. The zero-order valence-corrected chi connectivity index (χ0v) is 25.2. The Hall–Kier alpha value is -5.59. The molecule has 1 aromatic carbocycles. The average molecular weight is 602 g/mol. The molecule has 0 aliphatic rings. The van der Waals surface area contributed by atoms with Crippen LogP contribution >= 0.6 is 0 Å². The normalized spacial score (nSPS) is 10.7. The van der Waals surface area contributed by atoms with Crippen molar-refractivity contribution in [1.82, 2.24) is 19.0 Å². The fourth-order valence-corrected chi connectivity index (χ4v) is 4.57. The van der Waals surface area contributed by atoms with Crippen LogP contribution in [0.3, 0.4) is 0 Å². The van der Waals surface area contributed by atoms with Gasteiger partial charge >= 0.3 is 5.97 Å². The quantitative estimate of drug-likeness (QED) is 0.193. The number of esters is 1. The van der Waals surface area contributed by atoms with E-state index in [0.717, 1.165) is 11.1 Å². The number of rotatable bonds is 11. The first-order chi connectivity index (χ1) is 20.9. The van der Waals surface area contributed by atoms with Gasteiger partial charge in [0.2, 0.25) is 11.8 Å². The Morgan fingerprint density at radius 2 is 1.14 bits per heavy atom. The maximum atomic E-state index is 13.1. The van der Waals surface area contributed by atoms with Gasteiger partial charge in [0.05, 0.1) is 23.5 Å². The van der Waals surface area contributed by atoms with Crippen LogP contribution in [0.25, 0.3) is 0 Å². The van der Waals surface area contributed by atoms with E-state index in [4.69, 9.17) is 4.74 Å². The summed E-state index contributed by atoms with van der Waals surface area (Å²) in [7, 11) is 5.02. The van der Waals surface area contributed by atoms with Crippen LogP contribution in [0.5, 0.6) is 0 Å². The van der Waals surface area contributed by atoms with Crippen LogP contribution in [-0.4, -0.2) is 49.8 Å². The van der Waals surface area contributed by atoms with E-state index < -0.39 is 17.8 Å². The maximum absolute atomic E-state index is 13.1.